The summed E-state index contributed by atoms with van der Waals surface area (Å²) in [5.41, 5.74) is -0.241. The molecule has 1 unspecified atom stereocenters. The summed E-state index contributed by atoms with van der Waals surface area (Å²) in [5, 5.41) is 11.6. The molecular formula is C23H42O3Si2. The van der Waals surface area contributed by atoms with E-state index in [0.717, 1.165) is 17.4 Å². The summed E-state index contributed by atoms with van der Waals surface area (Å²) in [6.45, 7) is 22.0. The van der Waals surface area contributed by atoms with Gasteiger partial charge < -0.3 is 14.0 Å². The van der Waals surface area contributed by atoms with Crippen LogP contribution in [0.25, 0.3) is 0 Å². The molecule has 1 N–H and O–H groups in total. The summed E-state index contributed by atoms with van der Waals surface area (Å²) >= 11 is 0. The van der Waals surface area contributed by atoms with E-state index in [2.05, 4.69) is 60.5 Å². The highest BCUT2D eigenvalue weighted by Gasteiger charge is 2.39. The molecule has 5 heteroatoms. The molecule has 0 bridgehead atoms. The molecular weight excluding hydrogens is 380 g/mol. The van der Waals surface area contributed by atoms with Crippen molar-refractivity contribution >= 4 is 16.6 Å². The van der Waals surface area contributed by atoms with E-state index >= 15 is 0 Å². The molecule has 28 heavy (non-hydrogen) atoms. The van der Waals surface area contributed by atoms with Crippen LogP contribution >= 0.6 is 0 Å². The van der Waals surface area contributed by atoms with Gasteiger partial charge >= 0.3 is 0 Å². The minimum absolute atomic E-state index is 0.123. The average Bonchev–Trinajstić information content (AvgIpc) is 2.58. The van der Waals surface area contributed by atoms with E-state index in [0.29, 0.717) is 13.0 Å². The van der Waals surface area contributed by atoms with Gasteiger partial charge in [-0.2, -0.15) is 0 Å². The second kappa shape index (κ2) is 9.74. The topological polar surface area (TPSA) is 38.7 Å². The van der Waals surface area contributed by atoms with Crippen LogP contribution in [0, 0.1) is 0 Å². The van der Waals surface area contributed by atoms with E-state index < -0.39 is 22.2 Å². The third kappa shape index (κ3) is 7.18. The Morgan fingerprint density at radius 1 is 1.14 bits per heavy atom. The first-order valence-electron chi connectivity index (χ1n) is 10.5. The van der Waals surface area contributed by atoms with Crippen molar-refractivity contribution in [2.24, 2.45) is 0 Å². The summed E-state index contributed by atoms with van der Waals surface area (Å²) in [4.78, 5) is 0. The molecule has 1 aromatic carbocycles. The maximum absolute atomic E-state index is 11.4. The molecule has 0 heterocycles. The minimum Gasteiger partial charge on any atom is -0.543 e. The Morgan fingerprint density at radius 3 is 2.32 bits per heavy atom. The van der Waals surface area contributed by atoms with Crippen LogP contribution in [0.1, 0.15) is 52.5 Å². The first kappa shape index (κ1) is 25.2. The minimum atomic E-state index is -1.94. The molecule has 0 aliphatic rings. The van der Waals surface area contributed by atoms with Crippen LogP contribution in [0.15, 0.2) is 36.9 Å². The lowest BCUT2D eigenvalue weighted by atomic mass is 9.91. The average molecular weight is 423 g/mol. The van der Waals surface area contributed by atoms with E-state index in [9.17, 15) is 5.11 Å². The summed E-state index contributed by atoms with van der Waals surface area (Å²) in [7, 11) is -3.73. The molecule has 1 atom stereocenters. The van der Waals surface area contributed by atoms with Crippen molar-refractivity contribution in [2.45, 2.75) is 89.8 Å². The lowest BCUT2D eigenvalue weighted by Crippen LogP contribution is -2.44. The van der Waals surface area contributed by atoms with Crippen LogP contribution in [-0.2, 0) is 10.0 Å². The molecule has 160 valence electrons. The highest BCUT2D eigenvalue weighted by Crippen LogP contribution is 2.38. The van der Waals surface area contributed by atoms with Crippen LogP contribution in [0.5, 0.6) is 5.75 Å². The zero-order valence-electron chi connectivity index (χ0n) is 19.4. The van der Waals surface area contributed by atoms with Crippen LogP contribution in [-0.4, -0.2) is 28.3 Å². The van der Waals surface area contributed by atoms with Gasteiger partial charge in [0.15, 0.2) is 8.32 Å². The predicted octanol–water partition coefficient (Wildman–Crippen LogP) is 6.86. The number of aliphatic hydroxyl groups is 1. The van der Waals surface area contributed by atoms with Crippen LogP contribution in [0.3, 0.4) is 0 Å². The third-order valence-electron chi connectivity index (χ3n) is 5.87. The number of hydrogen-bond acceptors (Lipinski definition) is 3. The van der Waals surface area contributed by atoms with Crippen molar-refractivity contribution < 1.29 is 14.0 Å². The van der Waals surface area contributed by atoms with Crippen molar-refractivity contribution in [1.82, 2.24) is 0 Å². The molecule has 0 saturated heterocycles. The van der Waals surface area contributed by atoms with E-state index in [1.165, 1.54) is 12.8 Å². The van der Waals surface area contributed by atoms with Crippen molar-refractivity contribution in [3.8, 4) is 5.75 Å². The van der Waals surface area contributed by atoms with Gasteiger partial charge in [0.05, 0.1) is 6.61 Å². The summed E-state index contributed by atoms with van der Waals surface area (Å²) in [6.07, 6.45) is 4.57. The van der Waals surface area contributed by atoms with E-state index in [4.69, 9.17) is 8.85 Å². The second-order valence-electron chi connectivity index (χ2n) is 10.1. The molecule has 0 fully saturated rings. The molecule has 0 aromatic heterocycles. The fraction of sp³-hybridized carbons (Fsp3) is 0.652. The summed E-state index contributed by atoms with van der Waals surface area (Å²) < 4.78 is 12.8. The van der Waals surface area contributed by atoms with Gasteiger partial charge in [-0.1, -0.05) is 58.7 Å². The predicted molar refractivity (Wildman–Crippen MR) is 126 cm³/mol. The van der Waals surface area contributed by atoms with Crippen molar-refractivity contribution in [2.75, 3.05) is 6.61 Å². The van der Waals surface area contributed by atoms with Gasteiger partial charge in [0.1, 0.15) is 11.4 Å². The van der Waals surface area contributed by atoms with Gasteiger partial charge in [-0.3, -0.25) is 0 Å². The van der Waals surface area contributed by atoms with Gasteiger partial charge in [-0.05, 0) is 55.0 Å². The second-order valence-corrected chi connectivity index (χ2v) is 19.1. The zero-order chi connectivity index (χ0) is 21.6. The lowest BCUT2D eigenvalue weighted by Gasteiger charge is -2.37. The standard InChI is InChI=1S/C23H42O3Si2/c1-10-12-17-27(6,7)25-19-23(24,16-11-2)20-14-13-15-21(18-20)26-28(8,9)22(3,4)5/h11,13-15,18,24H,2,10,12,16-17,19H2,1,3-9H3. The Bertz CT molecular complexity index is 635. The molecule has 3 nitrogen and oxygen atoms in total. The van der Waals surface area contributed by atoms with Crippen LogP contribution in [0.2, 0.25) is 37.3 Å². The number of hydrogen-bond donors (Lipinski definition) is 1. The maximum Gasteiger partial charge on any atom is 0.250 e. The Labute approximate surface area is 175 Å². The van der Waals surface area contributed by atoms with Gasteiger partial charge in [0, 0.05) is 6.42 Å². The molecule has 0 aliphatic heterocycles. The highest BCUT2D eigenvalue weighted by molar-refractivity contribution is 6.74. The Morgan fingerprint density at radius 2 is 1.79 bits per heavy atom. The fourth-order valence-electron chi connectivity index (χ4n) is 2.79. The quantitative estimate of drug-likeness (QED) is 0.313. The first-order valence-corrected chi connectivity index (χ1v) is 16.6. The van der Waals surface area contributed by atoms with Gasteiger partial charge in [0.25, 0.3) is 0 Å². The largest absolute Gasteiger partial charge is 0.543 e. The Kier molecular flexibility index (Phi) is 8.75. The highest BCUT2D eigenvalue weighted by atomic mass is 28.4. The number of rotatable bonds is 11. The maximum atomic E-state index is 11.4. The van der Waals surface area contributed by atoms with E-state index in [1.54, 1.807) is 6.08 Å². The Balaban J connectivity index is 3.06. The SMILES string of the molecule is C=CCC(O)(CO[Si](C)(C)CCCC)c1cccc(O[Si](C)(C)C(C)(C)C)c1. The van der Waals surface area contributed by atoms with Crippen molar-refractivity contribution in [1.29, 1.82) is 0 Å². The van der Waals surface area contributed by atoms with E-state index in [-0.39, 0.29) is 5.04 Å². The van der Waals surface area contributed by atoms with E-state index in [1.807, 2.05) is 24.3 Å². The van der Waals surface area contributed by atoms with Gasteiger partial charge in [0.2, 0.25) is 8.32 Å². The summed E-state index contributed by atoms with van der Waals surface area (Å²) in [5.74, 6) is 0.828. The molecule has 0 radical (unpaired) electrons. The lowest BCUT2D eigenvalue weighted by molar-refractivity contribution is -0.0103. The molecule has 0 spiro atoms. The van der Waals surface area contributed by atoms with Crippen LogP contribution < -0.4 is 4.43 Å². The molecule has 0 aliphatic carbocycles. The fourth-order valence-corrected chi connectivity index (χ4v) is 5.79. The number of benzene rings is 1. The zero-order valence-corrected chi connectivity index (χ0v) is 21.4. The first-order chi connectivity index (χ1) is 12.8. The van der Waals surface area contributed by atoms with Crippen molar-refractivity contribution in [3.63, 3.8) is 0 Å². The molecule has 1 rings (SSSR count). The van der Waals surface area contributed by atoms with Gasteiger partial charge in [-0.25, -0.2) is 0 Å². The normalized spacial score (nSPS) is 15.2. The molecule has 1 aromatic rings. The van der Waals surface area contributed by atoms with Gasteiger partial charge in [-0.15, -0.1) is 6.58 Å². The third-order valence-corrected chi connectivity index (χ3v) is 12.7. The Hall–Kier alpha value is -0.886. The molecule has 0 amide bonds. The smallest absolute Gasteiger partial charge is 0.250 e. The molecule has 0 saturated carbocycles. The number of unbranched alkanes of at least 4 members (excludes halogenated alkanes) is 1. The van der Waals surface area contributed by atoms with Crippen LogP contribution in [0.4, 0.5) is 0 Å². The van der Waals surface area contributed by atoms with Crippen molar-refractivity contribution in [3.05, 3.63) is 42.5 Å². The summed E-state index contributed by atoms with van der Waals surface area (Å²) in [6, 6.07) is 9.01. The monoisotopic (exact) mass is 422 g/mol.